The second kappa shape index (κ2) is 9.43. The van der Waals surface area contributed by atoms with E-state index in [-0.39, 0.29) is 34.3 Å². The van der Waals surface area contributed by atoms with Crippen molar-refractivity contribution in [2.45, 2.75) is 52.8 Å². The molecule has 1 aliphatic heterocycles. The number of amides is 2. The molecule has 1 aliphatic rings. The molecule has 0 unspecified atom stereocenters. The third kappa shape index (κ3) is 5.88. The smallest absolute Gasteiger partial charge is 0.238 e. The first kappa shape index (κ1) is 23.3. The Morgan fingerprint density at radius 1 is 1.26 bits per heavy atom. The number of carbonyl (C=O) groups is 2. The zero-order chi connectivity index (χ0) is 22.8. The number of hydrogen-bond donors (Lipinski definition) is 1. The number of nitrogens with one attached hydrogen (secondary N) is 1. The Bertz CT molecular complexity index is 970. The van der Waals surface area contributed by atoms with Crippen LogP contribution in [0.3, 0.4) is 0 Å². The molecule has 1 heterocycles. The van der Waals surface area contributed by atoms with Gasteiger partial charge in [-0.1, -0.05) is 45.9 Å². The van der Waals surface area contributed by atoms with Crippen LogP contribution in [0.15, 0.2) is 42.5 Å². The maximum atomic E-state index is 14.1. The second-order valence-corrected chi connectivity index (χ2v) is 10.6. The highest BCUT2D eigenvalue weighted by molar-refractivity contribution is 8.00. The summed E-state index contributed by atoms with van der Waals surface area (Å²) in [6, 6.07) is 12.4. The Morgan fingerprint density at radius 3 is 2.68 bits per heavy atom. The van der Waals surface area contributed by atoms with Gasteiger partial charge >= 0.3 is 0 Å². The summed E-state index contributed by atoms with van der Waals surface area (Å²) < 4.78 is 14.1. The van der Waals surface area contributed by atoms with Gasteiger partial charge in [-0.05, 0) is 54.5 Å². The molecule has 2 aromatic carbocycles. The van der Waals surface area contributed by atoms with E-state index in [0.29, 0.717) is 29.1 Å². The Kier molecular flexibility index (Phi) is 7.10. The molecule has 31 heavy (non-hydrogen) atoms. The second-order valence-electron chi connectivity index (χ2n) is 9.56. The van der Waals surface area contributed by atoms with E-state index in [1.807, 2.05) is 24.3 Å². The lowest BCUT2D eigenvalue weighted by Gasteiger charge is -2.26. The average molecular weight is 443 g/mol. The number of thioether (sulfide) groups is 1. The number of anilines is 2. The number of rotatable bonds is 6. The Labute approximate surface area is 188 Å². The van der Waals surface area contributed by atoms with E-state index >= 15 is 0 Å². The monoisotopic (exact) mass is 442 g/mol. The molecule has 0 aliphatic carbocycles. The van der Waals surface area contributed by atoms with Crippen LogP contribution in [0.1, 0.15) is 57.0 Å². The normalized spacial score (nSPS) is 17.7. The summed E-state index contributed by atoms with van der Waals surface area (Å²) in [5.74, 6) is 0.238. The number of nitrogens with zero attached hydrogens (tertiary/aromatic N) is 1. The number of hydrogen-bond acceptors (Lipinski definition) is 3. The molecular formula is C25H31FN2O2S. The summed E-state index contributed by atoms with van der Waals surface area (Å²) in [6.45, 7) is 10.3. The highest BCUT2D eigenvalue weighted by Gasteiger charge is 2.35. The lowest BCUT2D eigenvalue weighted by Crippen LogP contribution is -2.28. The predicted octanol–water partition coefficient (Wildman–Crippen LogP) is 6.31. The van der Waals surface area contributed by atoms with Crippen molar-refractivity contribution < 1.29 is 14.0 Å². The quantitative estimate of drug-likeness (QED) is 0.570. The van der Waals surface area contributed by atoms with Crippen LogP contribution in [-0.4, -0.2) is 17.6 Å². The fourth-order valence-corrected chi connectivity index (χ4v) is 5.36. The number of halogens is 1. The summed E-state index contributed by atoms with van der Waals surface area (Å²) in [4.78, 5) is 26.8. The summed E-state index contributed by atoms with van der Waals surface area (Å²) in [7, 11) is 0. The Hall–Kier alpha value is -2.34. The van der Waals surface area contributed by atoms with Crippen LogP contribution < -0.4 is 10.2 Å². The largest absolute Gasteiger partial charge is 0.326 e. The van der Waals surface area contributed by atoms with Crippen molar-refractivity contribution in [3.63, 3.8) is 0 Å². The molecule has 0 saturated carbocycles. The van der Waals surface area contributed by atoms with Crippen molar-refractivity contribution in [1.29, 1.82) is 0 Å². The third-order valence-corrected chi connectivity index (χ3v) is 6.53. The van der Waals surface area contributed by atoms with Crippen molar-refractivity contribution in [3.05, 3.63) is 59.4 Å². The predicted molar refractivity (Wildman–Crippen MR) is 127 cm³/mol. The maximum absolute atomic E-state index is 14.1. The first-order valence-corrected chi connectivity index (χ1v) is 11.7. The fourth-order valence-electron chi connectivity index (χ4n) is 4.20. The van der Waals surface area contributed by atoms with Crippen LogP contribution in [-0.2, 0) is 9.59 Å². The molecule has 1 fully saturated rings. The third-order valence-electron chi connectivity index (χ3n) is 5.32. The van der Waals surface area contributed by atoms with Gasteiger partial charge in [-0.15, -0.1) is 11.8 Å². The van der Waals surface area contributed by atoms with Crippen LogP contribution in [0.4, 0.5) is 15.8 Å². The van der Waals surface area contributed by atoms with Crippen LogP contribution in [0.25, 0.3) is 0 Å². The molecule has 1 saturated heterocycles. The summed E-state index contributed by atoms with van der Waals surface area (Å²) >= 11 is 1.51. The van der Waals surface area contributed by atoms with Gasteiger partial charge < -0.3 is 5.32 Å². The minimum Gasteiger partial charge on any atom is -0.326 e. The molecule has 0 aromatic heterocycles. The Morgan fingerprint density at radius 2 is 1.97 bits per heavy atom. The molecule has 0 radical (unpaired) electrons. The van der Waals surface area contributed by atoms with Gasteiger partial charge in [-0.3, -0.25) is 14.5 Å². The van der Waals surface area contributed by atoms with Gasteiger partial charge in [0.25, 0.3) is 0 Å². The van der Waals surface area contributed by atoms with Gasteiger partial charge in [-0.2, -0.15) is 0 Å². The SMILES string of the molecule is Cc1c(F)cccc1N1C(=O)CS[C@H]1c1cccc(NC(=O)C[C@@H](C)CC(C)(C)C)c1. The minimum absolute atomic E-state index is 0.0121. The van der Waals surface area contributed by atoms with E-state index in [1.54, 1.807) is 24.0 Å². The lowest BCUT2D eigenvalue weighted by atomic mass is 9.84. The van der Waals surface area contributed by atoms with Gasteiger partial charge in [0.05, 0.1) is 11.4 Å². The fraction of sp³-hybridized carbons (Fsp3) is 0.440. The molecule has 2 aromatic rings. The molecule has 6 heteroatoms. The lowest BCUT2D eigenvalue weighted by molar-refractivity contribution is -0.117. The highest BCUT2D eigenvalue weighted by Crippen LogP contribution is 2.43. The topological polar surface area (TPSA) is 49.4 Å². The van der Waals surface area contributed by atoms with Gasteiger partial charge in [0.1, 0.15) is 11.2 Å². The molecule has 4 nitrogen and oxygen atoms in total. The van der Waals surface area contributed by atoms with Crippen molar-refractivity contribution in [2.24, 2.45) is 11.3 Å². The van der Waals surface area contributed by atoms with E-state index in [0.717, 1.165) is 12.0 Å². The number of carbonyl (C=O) groups excluding carboxylic acids is 2. The molecule has 166 valence electrons. The summed E-state index contributed by atoms with van der Waals surface area (Å²) in [6.07, 6.45) is 1.44. The summed E-state index contributed by atoms with van der Waals surface area (Å²) in [5, 5.41) is 2.74. The van der Waals surface area contributed by atoms with Gasteiger partial charge in [0.2, 0.25) is 11.8 Å². The zero-order valence-corrected chi connectivity index (χ0v) is 19.7. The molecule has 0 bridgehead atoms. The molecule has 2 amide bonds. The first-order chi connectivity index (χ1) is 14.5. The highest BCUT2D eigenvalue weighted by atomic mass is 32.2. The van der Waals surface area contributed by atoms with Crippen molar-refractivity contribution in [1.82, 2.24) is 0 Å². The van der Waals surface area contributed by atoms with E-state index < -0.39 is 0 Å². The molecular weight excluding hydrogens is 411 g/mol. The van der Waals surface area contributed by atoms with Gasteiger partial charge in [0.15, 0.2) is 0 Å². The van der Waals surface area contributed by atoms with Crippen LogP contribution in [0, 0.1) is 24.1 Å². The molecule has 3 rings (SSSR count). The van der Waals surface area contributed by atoms with Crippen LogP contribution >= 0.6 is 11.8 Å². The molecule has 0 spiro atoms. The van der Waals surface area contributed by atoms with Crippen molar-refractivity contribution >= 4 is 35.0 Å². The number of benzene rings is 2. The van der Waals surface area contributed by atoms with E-state index in [4.69, 9.17) is 0 Å². The minimum atomic E-state index is -0.327. The van der Waals surface area contributed by atoms with E-state index in [1.165, 1.54) is 17.8 Å². The maximum Gasteiger partial charge on any atom is 0.238 e. The van der Waals surface area contributed by atoms with Gasteiger partial charge in [-0.25, -0.2) is 4.39 Å². The first-order valence-electron chi connectivity index (χ1n) is 10.6. The summed E-state index contributed by atoms with van der Waals surface area (Å²) in [5.41, 5.74) is 2.84. The van der Waals surface area contributed by atoms with Crippen molar-refractivity contribution in [2.75, 3.05) is 16.0 Å². The van der Waals surface area contributed by atoms with E-state index in [2.05, 4.69) is 33.0 Å². The van der Waals surface area contributed by atoms with E-state index in [9.17, 15) is 14.0 Å². The van der Waals surface area contributed by atoms with Crippen LogP contribution in [0.5, 0.6) is 0 Å². The van der Waals surface area contributed by atoms with Crippen LogP contribution in [0.2, 0.25) is 0 Å². The zero-order valence-electron chi connectivity index (χ0n) is 18.9. The molecule has 2 atom stereocenters. The average Bonchev–Trinajstić information content (AvgIpc) is 3.04. The standard InChI is InChI=1S/C25H31FN2O2S/c1-16(14-25(3,4)5)12-22(29)27-19-9-6-8-18(13-19)24-28(23(30)15-31-24)21-11-7-10-20(26)17(21)2/h6-11,13,16,24H,12,14-15H2,1-5H3,(H,27,29)/t16-,24+/m1/s1. The molecule has 1 N–H and O–H groups in total. The van der Waals surface area contributed by atoms with Gasteiger partial charge in [0, 0.05) is 17.7 Å². The van der Waals surface area contributed by atoms with Crippen molar-refractivity contribution in [3.8, 4) is 0 Å². The Balaban J connectivity index is 1.77.